The third-order valence-corrected chi connectivity index (χ3v) is 4.70. The summed E-state index contributed by atoms with van der Waals surface area (Å²) in [6, 6.07) is 2.23. The average molecular weight is 381 g/mol. The van der Waals surface area contributed by atoms with Crippen LogP contribution in [0.5, 0.6) is 0 Å². The Labute approximate surface area is 154 Å². The number of rotatable bonds is 3. The van der Waals surface area contributed by atoms with Crippen LogP contribution in [-0.2, 0) is 13.6 Å². The first kappa shape index (κ1) is 17.8. The van der Waals surface area contributed by atoms with Gasteiger partial charge in [-0.15, -0.1) is 0 Å². The van der Waals surface area contributed by atoms with Gasteiger partial charge in [0.25, 0.3) is 5.56 Å². The molecule has 0 amide bonds. The van der Waals surface area contributed by atoms with Crippen molar-refractivity contribution in [1.29, 1.82) is 5.26 Å². The molecule has 1 fully saturated rings. The predicted octanol–water partition coefficient (Wildman–Crippen LogP) is 1.85. The molecule has 1 atom stereocenters. The van der Waals surface area contributed by atoms with E-state index < -0.39 is 0 Å². The number of piperidine rings is 1. The van der Waals surface area contributed by atoms with Crippen molar-refractivity contribution in [2.24, 2.45) is 12.8 Å². The van der Waals surface area contributed by atoms with Crippen LogP contribution in [0.1, 0.15) is 18.4 Å². The maximum atomic E-state index is 12.7. The number of anilines is 1. The van der Waals surface area contributed by atoms with Crippen molar-refractivity contribution in [2.75, 3.05) is 18.0 Å². The van der Waals surface area contributed by atoms with E-state index in [1.165, 1.54) is 10.9 Å². The van der Waals surface area contributed by atoms with E-state index in [-0.39, 0.29) is 22.6 Å². The Morgan fingerprint density at radius 2 is 2.32 bits per heavy atom. The summed E-state index contributed by atoms with van der Waals surface area (Å²) in [7, 11) is 1.62. The first-order valence-electron chi connectivity index (χ1n) is 7.93. The standard InChI is InChI=1S/C16H18Cl2N6O/c1-22-9-21-13-11(7-19)15(23-5-2-3-10(20)8-23)24(6-4-12(17)18)14(13)16(22)25/h4,9-10H,2-3,5-6,8,20H2,1H3. The van der Waals surface area contributed by atoms with Gasteiger partial charge in [0.2, 0.25) is 0 Å². The van der Waals surface area contributed by atoms with Gasteiger partial charge in [-0.3, -0.25) is 4.79 Å². The molecule has 25 heavy (non-hydrogen) atoms. The van der Waals surface area contributed by atoms with Crippen molar-refractivity contribution >= 4 is 40.1 Å². The lowest BCUT2D eigenvalue weighted by Gasteiger charge is -2.33. The van der Waals surface area contributed by atoms with Crippen LogP contribution in [0.15, 0.2) is 21.7 Å². The van der Waals surface area contributed by atoms with Crippen LogP contribution >= 0.6 is 23.2 Å². The van der Waals surface area contributed by atoms with Crippen molar-refractivity contribution in [3.8, 4) is 6.07 Å². The second-order valence-corrected chi connectivity index (χ2v) is 7.13. The number of aryl methyl sites for hydroxylation is 1. The largest absolute Gasteiger partial charge is 0.355 e. The summed E-state index contributed by atoms with van der Waals surface area (Å²) in [6.07, 6.45) is 4.87. The molecule has 9 heteroatoms. The normalized spacial score (nSPS) is 17.6. The average Bonchev–Trinajstić information content (AvgIpc) is 2.90. The summed E-state index contributed by atoms with van der Waals surface area (Å²) >= 11 is 11.5. The monoisotopic (exact) mass is 380 g/mol. The van der Waals surface area contributed by atoms with E-state index in [1.807, 2.05) is 4.90 Å². The molecule has 7 nitrogen and oxygen atoms in total. The highest BCUT2D eigenvalue weighted by Crippen LogP contribution is 2.31. The fourth-order valence-corrected chi connectivity index (χ4v) is 3.41. The van der Waals surface area contributed by atoms with Crippen LogP contribution in [0, 0.1) is 11.3 Å². The number of nitrogens with zero attached hydrogens (tertiary/aromatic N) is 5. The number of hydrogen-bond donors (Lipinski definition) is 1. The van der Waals surface area contributed by atoms with Gasteiger partial charge in [-0.2, -0.15) is 5.26 Å². The second-order valence-electron chi connectivity index (χ2n) is 6.12. The van der Waals surface area contributed by atoms with E-state index in [9.17, 15) is 10.1 Å². The number of halogens is 2. The topological polar surface area (TPSA) is 92.9 Å². The quantitative estimate of drug-likeness (QED) is 0.876. The number of nitriles is 1. The van der Waals surface area contributed by atoms with E-state index in [4.69, 9.17) is 28.9 Å². The third kappa shape index (κ3) is 3.25. The van der Waals surface area contributed by atoms with Crippen LogP contribution in [0.2, 0.25) is 0 Å². The molecule has 3 rings (SSSR count). The van der Waals surface area contributed by atoms with E-state index in [2.05, 4.69) is 11.1 Å². The summed E-state index contributed by atoms with van der Waals surface area (Å²) < 4.78 is 3.24. The van der Waals surface area contributed by atoms with Crippen molar-refractivity contribution in [2.45, 2.75) is 25.4 Å². The Kier molecular flexibility index (Phi) is 5.04. The first-order chi connectivity index (χ1) is 11.9. The van der Waals surface area contributed by atoms with Crippen molar-refractivity contribution in [3.63, 3.8) is 0 Å². The SMILES string of the molecule is Cn1cnc2c(C#N)c(N3CCCC(N)C3)n(CC=C(Cl)Cl)c2c1=O. The number of aromatic nitrogens is 3. The van der Waals surface area contributed by atoms with Gasteiger partial charge in [0.1, 0.15) is 33.0 Å². The zero-order valence-corrected chi connectivity index (χ0v) is 15.3. The second kappa shape index (κ2) is 7.08. The highest BCUT2D eigenvalue weighted by Gasteiger charge is 2.27. The minimum absolute atomic E-state index is 0.0229. The molecule has 0 aliphatic carbocycles. The summed E-state index contributed by atoms with van der Waals surface area (Å²) in [6.45, 7) is 1.64. The Balaban J connectivity index is 2.31. The van der Waals surface area contributed by atoms with Gasteiger partial charge in [-0.05, 0) is 18.9 Å². The summed E-state index contributed by atoms with van der Waals surface area (Å²) in [5.74, 6) is 0.647. The summed E-state index contributed by atoms with van der Waals surface area (Å²) in [4.78, 5) is 19.0. The smallest absolute Gasteiger partial charge is 0.277 e. The molecule has 1 aliphatic rings. The zero-order valence-electron chi connectivity index (χ0n) is 13.7. The number of hydrogen-bond acceptors (Lipinski definition) is 5. The highest BCUT2D eigenvalue weighted by atomic mass is 35.5. The molecule has 2 aromatic heterocycles. The molecule has 132 valence electrons. The van der Waals surface area contributed by atoms with E-state index in [0.29, 0.717) is 29.0 Å². The van der Waals surface area contributed by atoms with Gasteiger partial charge in [0, 0.05) is 32.7 Å². The Bertz CT molecular complexity index is 935. The fraction of sp³-hybridized carbons (Fsp3) is 0.438. The van der Waals surface area contributed by atoms with Gasteiger partial charge in [0.15, 0.2) is 0 Å². The molecule has 0 saturated carbocycles. The van der Waals surface area contributed by atoms with Gasteiger partial charge in [-0.25, -0.2) is 4.98 Å². The minimum Gasteiger partial charge on any atom is -0.355 e. The predicted molar refractivity (Wildman–Crippen MR) is 98.9 cm³/mol. The third-order valence-electron chi connectivity index (χ3n) is 4.39. The van der Waals surface area contributed by atoms with E-state index in [1.54, 1.807) is 17.7 Å². The number of nitrogens with two attached hydrogens (primary N) is 1. The van der Waals surface area contributed by atoms with Crippen molar-refractivity contribution in [1.82, 2.24) is 14.1 Å². The van der Waals surface area contributed by atoms with Gasteiger partial charge < -0.3 is 19.8 Å². The summed E-state index contributed by atoms with van der Waals surface area (Å²) in [5, 5.41) is 9.73. The fourth-order valence-electron chi connectivity index (χ4n) is 3.27. The van der Waals surface area contributed by atoms with Crippen LogP contribution in [0.4, 0.5) is 5.82 Å². The van der Waals surface area contributed by atoms with Crippen molar-refractivity contribution in [3.05, 3.63) is 32.8 Å². The molecular formula is C16H18Cl2N6O. The zero-order chi connectivity index (χ0) is 18.1. The van der Waals surface area contributed by atoms with Crippen LogP contribution in [0.3, 0.4) is 0 Å². The lowest BCUT2D eigenvalue weighted by atomic mass is 10.1. The Morgan fingerprint density at radius 3 is 2.96 bits per heavy atom. The van der Waals surface area contributed by atoms with Gasteiger partial charge >= 0.3 is 0 Å². The van der Waals surface area contributed by atoms with Crippen LogP contribution in [-0.4, -0.2) is 33.2 Å². The van der Waals surface area contributed by atoms with Crippen LogP contribution in [0.25, 0.3) is 11.0 Å². The minimum atomic E-state index is -0.229. The van der Waals surface area contributed by atoms with E-state index >= 15 is 0 Å². The van der Waals surface area contributed by atoms with E-state index in [0.717, 1.165) is 19.4 Å². The molecule has 3 heterocycles. The molecule has 0 aromatic carbocycles. The first-order valence-corrected chi connectivity index (χ1v) is 8.69. The summed E-state index contributed by atoms with van der Waals surface area (Å²) in [5.41, 5.74) is 7.00. The molecule has 1 unspecified atom stereocenters. The number of fused-ring (bicyclic) bond motifs is 1. The molecular weight excluding hydrogens is 363 g/mol. The lowest BCUT2D eigenvalue weighted by molar-refractivity contribution is 0.499. The number of allylic oxidation sites excluding steroid dienone is 1. The highest BCUT2D eigenvalue weighted by molar-refractivity contribution is 6.55. The Morgan fingerprint density at radius 1 is 1.56 bits per heavy atom. The molecule has 0 radical (unpaired) electrons. The lowest BCUT2D eigenvalue weighted by Crippen LogP contribution is -2.44. The van der Waals surface area contributed by atoms with Crippen LogP contribution < -0.4 is 16.2 Å². The Hall–Kier alpha value is -2.01. The molecule has 0 spiro atoms. The van der Waals surface area contributed by atoms with Gasteiger partial charge in [-0.1, -0.05) is 23.2 Å². The maximum absolute atomic E-state index is 12.7. The molecule has 2 N–H and O–H groups in total. The molecule has 0 bridgehead atoms. The molecule has 2 aromatic rings. The van der Waals surface area contributed by atoms with Gasteiger partial charge in [0.05, 0.1) is 6.33 Å². The van der Waals surface area contributed by atoms with Crippen molar-refractivity contribution < 1.29 is 0 Å². The maximum Gasteiger partial charge on any atom is 0.277 e. The molecule has 1 saturated heterocycles. The molecule has 1 aliphatic heterocycles.